The Labute approximate surface area is 80.3 Å². The van der Waals surface area contributed by atoms with Crippen LogP contribution in [-0.4, -0.2) is 23.9 Å². The van der Waals surface area contributed by atoms with Gasteiger partial charge in [-0.1, -0.05) is 12.8 Å². The molecule has 0 unspecified atom stereocenters. The van der Waals surface area contributed by atoms with E-state index in [-0.39, 0.29) is 5.60 Å². The zero-order valence-corrected chi connectivity index (χ0v) is 8.30. The molecular formula is C11H20O2. The van der Waals surface area contributed by atoms with Crippen LogP contribution in [0, 0.1) is 5.92 Å². The maximum atomic E-state index is 10.2. The third-order valence-corrected chi connectivity index (χ3v) is 3.54. The average Bonchev–Trinajstić information content (AvgIpc) is 2.54. The number of ether oxygens (including phenoxy) is 1. The van der Waals surface area contributed by atoms with Gasteiger partial charge >= 0.3 is 0 Å². The van der Waals surface area contributed by atoms with Crippen LogP contribution in [0.15, 0.2) is 0 Å². The quantitative estimate of drug-likeness (QED) is 0.712. The van der Waals surface area contributed by atoms with E-state index in [0.717, 1.165) is 51.2 Å². The minimum Gasteiger partial charge on any atom is -0.390 e. The molecule has 0 atom stereocenters. The fourth-order valence-electron chi connectivity index (χ4n) is 2.73. The predicted molar refractivity (Wildman–Crippen MR) is 51.6 cm³/mol. The molecule has 0 bridgehead atoms. The molecule has 76 valence electrons. The van der Waals surface area contributed by atoms with Crippen molar-refractivity contribution in [3.8, 4) is 0 Å². The summed E-state index contributed by atoms with van der Waals surface area (Å²) in [5.41, 5.74) is -0.304. The van der Waals surface area contributed by atoms with Crippen molar-refractivity contribution in [2.24, 2.45) is 5.92 Å². The molecule has 2 aliphatic rings. The van der Waals surface area contributed by atoms with E-state index < -0.39 is 0 Å². The summed E-state index contributed by atoms with van der Waals surface area (Å²) in [6.07, 6.45) is 7.84. The van der Waals surface area contributed by atoms with Gasteiger partial charge in [-0.2, -0.15) is 0 Å². The first-order chi connectivity index (χ1) is 6.29. The molecule has 0 amide bonds. The molecule has 0 radical (unpaired) electrons. The molecular weight excluding hydrogens is 164 g/mol. The molecule has 2 heteroatoms. The van der Waals surface area contributed by atoms with E-state index in [4.69, 9.17) is 4.74 Å². The Morgan fingerprint density at radius 2 is 1.77 bits per heavy atom. The minimum absolute atomic E-state index is 0.304. The van der Waals surface area contributed by atoms with Gasteiger partial charge < -0.3 is 9.84 Å². The first-order valence-electron chi connectivity index (χ1n) is 5.59. The fourth-order valence-corrected chi connectivity index (χ4v) is 2.73. The van der Waals surface area contributed by atoms with E-state index in [1.807, 2.05) is 0 Å². The zero-order chi connectivity index (χ0) is 9.15. The normalized spacial score (nSPS) is 29.3. The third-order valence-electron chi connectivity index (χ3n) is 3.54. The molecule has 1 heterocycles. The molecule has 1 aliphatic carbocycles. The second kappa shape index (κ2) is 3.97. The Morgan fingerprint density at radius 1 is 1.15 bits per heavy atom. The van der Waals surface area contributed by atoms with Gasteiger partial charge in [0.25, 0.3) is 0 Å². The van der Waals surface area contributed by atoms with Gasteiger partial charge in [-0.3, -0.25) is 0 Å². The summed E-state index contributed by atoms with van der Waals surface area (Å²) in [6, 6.07) is 0. The minimum atomic E-state index is -0.304. The summed E-state index contributed by atoms with van der Waals surface area (Å²) in [7, 11) is 0. The highest BCUT2D eigenvalue weighted by molar-refractivity contribution is 4.86. The van der Waals surface area contributed by atoms with Gasteiger partial charge in [0.2, 0.25) is 0 Å². The van der Waals surface area contributed by atoms with E-state index in [1.54, 1.807) is 0 Å². The summed E-state index contributed by atoms with van der Waals surface area (Å²) in [5.74, 6) is 0.719. The van der Waals surface area contributed by atoms with Crippen molar-refractivity contribution in [2.75, 3.05) is 13.2 Å². The zero-order valence-electron chi connectivity index (χ0n) is 8.30. The SMILES string of the molecule is OC1(CC2CCOCC2)CCCC1. The predicted octanol–water partition coefficient (Wildman–Crippen LogP) is 2.11. The van der Waals surface area contributed by atoms with E-state index in [1.165, 1.54) is 12.8 Å². The van der Waals surface area contributed by atoms with Gasteiger partial charge in [-0.15, -0.1) is 0 Å². The molecule has 1 N–H and O–H groups in total. The molecule has 0 aromatic rings. The van der Waals surface area contributed by atoms with E-state index in [9.17, 15) is 5.11 Å². The lowest BCUT2D eigenvalue weighted by Crippen LogP contribution is -2.30. The number of rotatable bonds is 2. The van der Waals surface area contributed by atoms with Crippen LogP contribution in [0.2, 0.25) is 0 Å². The lowest BCUT2D eigenvalue weighted by molar-refractivity contribution is -0.00724. The van der Waals surface area contributed by atoms with Crippen molar-refractivity contribution >= 4 is 0 Å². The summed E-state index contributed by atoms with van der Waals surface area (Å²) in [6.45, 7) is 1.81. The lowest BCUT2D eigenvalue weighted by atomic mass is 9.85. The second-order valence-corrected chi connectivity index (χ2v) is 4.69. The first-order valence-corrected chi connectivity index (χ1v) is 5.59. The standard InChI is InChI=1S/C11H20O2/c12-11(5-1-2-6-11)9-10-3-7-13-8-4-10/h10,12H,1-9H2. The van der Waals surface area contributed by atoms with Crippen molar-refractivity contribution < 1.29 is 9.84 Å². The van der Waals surface area contributed by atoms with E-state index in [0.29, 0.717) is 0 Å². The van der Waals surface area contributed by atoms with Crippen LogP contribution in [0.1, 0.15) is 44.9 Å². The van der Waals surface area contributed by atoms with E-state index >= 15 is 0 Å². The second-order valence-electron chi connectivity index (χ2n) is 4.69. The highest BCUT2D eigenvalue weighted by atomic mass is 16.5. The third kappa shape index (κ3) is 2.44. The molecule has 1 saturated carbocycles. The van der Waals surface area contributed by atoms with Gasteiger partial charge in [-0.25, -0.2) is 0 Å². The van der Waals surface area contributed by atoms with Crippen molar-refractivity contribution in [2.45, 2.75) is 50.5 Å². The van der Waals surface area contributed by atoms with Gasteiger partial charge in [-0.05, 0) is 38.0 Å². The summed E-state index contributed by atoms with van der Waals surface area (Å²) < 4.78 is 5.32. The molecule has 1 aliphatic heterocycles. The van der Waals surface area contributed by atoms with Crippen LogP contribution in [0.3, 0.4) is 0 Å². The Kier molecular flexibility index (Phi) is 2.89. The molecule has 0 aromatic heterocycles. The Bertz CT molecular complexity index is 155. The maximum Gasteiger partial charge on any atom is 0.0650 e. The molecule has 2 fully saturated rings. The Balaban J connectivity index is 1.81. The van der Waals surface area contributed by atoms with Crippen LogP contribution in [0.4, 0.5) is 0 Å². The summed E-state index contributed by atoms with van der Waals surface area (Å²) in [4.78, 5) is 0. The van der Waals surface area contributed by atoms with Gasteiger partial charge in [0.1, 0.15) is 0 Å². The van der Waals surface area contributed by atoms with Crippen molar-refractivity contribution in [3.05, 3.63) is 0 Å². The fraction of sp³-hybridized carbons (Fsp3) is 1.00. The summed E-state index contributed by atoms with van der Waals surface area (Å²) >= 11 is 0. The van der Waals surface area contributed by atoms with Crippen LogP contribution in [-0.2, 0) is 4.74 Å². The average molecular weight is 184 g/mol. The highest BCUT2D eigenvalue weighted by Gasteiger charge is 2.33. The van der Waals surface area contributed by atoms with Crippen molar-refractivity contribution in [1.82, 2.24) is 0 Å². The van der Waals surface area contributed by atoms with Gasteiger partial charge in [0.05, 0.1) is 5.60 Å². The van der Waals surface area contributed by atoms with Crippen LogP contribution < -0.4 is 0 Å². The largest absolute Gasteiger partial charge is 0.390 e. The molecule has 13 heavy (non-hydrogen) atoms. The molecule has 0 spiro atoms. The van der Waals surface area contributed by atoms with Gasteiger partial charge in [0.15, 0.2) is 0 Å². The number of hydrogen-bond acceptors (Lipinski definition) is 2. The monoisotopic (exact) mass is 184 g/mol. The van der Waals surface area contributed by atoms with Gasteiger partial charge in [0, 0.05) is 13.2 Å². The lowest BCUT2D eigenvalue weighted by Gasteiger charge is -2.30. The smallest absolute Gasteiger partial charge is 0.0650 e. The maximum absolute atomic E-state index is 10.2. The Hall–Kier alpha value is -0.0800. The number of hydrogen-bond donors (Lipinski definition) is 1. The topological polar surface area (TPSA) is 29.5 Å². The number of aliphatic hydroxyl groups is 1. The summed E-state index contributed by atoms with van der Waals surface area (Å²) in [5, 5.41) is 10.2. The van der Waals surface area contributed by atoms with Crippen LogP contribution in [0.25, 0.3) is 0 Å². The molecule has 2 nitrogen and oxygen atoms in total. The van der Waals surface area contributed by atoms with Crippen molar-refractivity contribution in [3.63, 3.8) is 0 Å². The van der Waals surface area contributed by atoms with Crippen LogP contribution >= 0.6 is 0 Å². The van der Waals surface area contributed by atoms with Crippen molar-refractivity contribution in [1.29, 1.82) is 0 Å². The van der Waals surface area contributed by atoms with E-state index in [2.05, 4.69) is 0 Å². The molecule has 0 aromatic carbocycles. The highest BCUT2D eigenvalue weighted by Crippen LogP contribution is 2.37. The molecule has 1 saturated heterocycles. The first kappa shape index (κ1) is 9.47. The van der Waals surface area contributed by atoms with Crippen LogP contribution in [0.5, 0.6) is 0 Å². The molecule has 2 rings (SSSR count). The Morgan fingerprint density at radius 3 is 2.38 bits per heavy atom.